The predicted octanol–water partition coefficient (Wildman–Crippen LogP) is 2.73. The molecule has 0 aliphatic carbocycles. The number of aromatic nitrogens is 1. The number of alkyl halides is 3. The highest BCUT2D eigenvalue weighted by atomic mass is 19.4. The average Bonchev–Trinajstić information content (AvgIpc) is 2.36. The van der Waals surface area contributed by atoms with Gasteiger partial charge in [-0.05, 0) is 32.9 Å². The molecular formula is C14H17F3N2O3. The lowest BCUT2D eigenvalue weighted by atomic mass is 10.1. The largest absolute Gasteiger partial charge is 0.481 e. The molecule has 0 aliphatic heterocycles. The zero-order chi connectivity index (χ0) is 17.1. The fraction of sp³-hybridized carbons (Fsp3) is 0.500. The third-order valence-electron chi connectivity index (χ3n) is 3.06. The summed E-state index contributed by atoms with van der Waals surface area (Å²) in [6, 6.07) is 1.54. The molecule has 8 heteroatoms. The normalized spacial score (nSPS) is 11.6. The summed E-state index contributed by atoms with van der Waals surface area (Å²) in [4.78, 5) is 27.7. The van der Waals surface area contributed by atoms with E-state index in [9.17, 15) is 22.8 Å². The number of carboxylic acid groups (broad SMARTS) is 1. The SMILES string of the molecule is Cc1nc(C(F)(F)F)ccc1C(=O)N(CCC(=O)O)C(C)C. The summed E-state index contributed by atoms with van der Waals surface area (Å²) in [6.45, 7) is 4.70. The first kappa shape index (κ1) is 17.9. The van der Waals surface area contributed by atoms with Crippen molar-refractivity contribution in [1.82, 2.24) is 9.88 Å². The van der Waals surface area contributed by atoms with E-state index >= 15 is 0 Å². The maximum absolute atomic E-state index is 12.6. The third kappa shape index (κ3) is 4.44. The fourth-order valence-corrected chi connectivity index (χ4v) is 1.91. The van der Waals surface area contributed by atoms with Crippen LogP contribution in [0.1, 0.15) is 42.0 Å². The number of nitrogens with zero attached hydrogens (tertiary/aromatic N) is 2. The summed E-state index contributed by atoms with van der Waals surface area (Å²) in [5.41, 5.74) is -1.07. The Hall–Kier alpha value is -2.12. The summed E-state index contributed by atoms with van der Waals surface area (Å²) in [7, 11) is 0. The molecule has 122 valence electrons. The van der Waals surface area contributed by atoms with Crippen molar-refractivity contribution in [3.8, 4) is 0 Å². The quantitative estimate of drug-likeness (QED) is 0.906. The van der Waals surface area contributed by atoms with E-state index in [0.717, 1.165) is 12.1 Å². The van der Waals surface area contributed by atoms with E-state index in [0.29, 0.717) is 0 Å². The number of carbonyl (C=O) groups excluding carboxylic acids is 1. The van der Waals surface area contributed by atoms with Crippen LogP contribution >= 0.6 is 0 Å². The molecule has 0 spiro atoms. The van der Waals surface area contributed by atoms with Crippen molar-refractivity contribution < 1.29 is 27.9 Å². The van der Waals surface area contributed by atoms with Gasteiger partial charge in [-0.2, -0.15) is 13.2 Å². The predicted molar refractivity (Wildman–Crippen MR) is 72.4 cm³/mol. The highest BCUT2D eigenvalue weighted by Gasteiger charge is 2.33. The van der Waals surface area contributed by atoms with Gasteiger partial charge >= 0.3 is 12.1 Å². The van der Waals surface area contributed by atoms with Gasteiger partial charge in [0, 0.05) is 12.6 Å². The summed E-state index contributed by atoms with van der Waals surface area (Å²) in [6.07, 6.45) is -4.82. The van der Waals surface area contributed by atoms with Crippen LogP contribution in [0.25, 0.3) is 0 Å². The van der Waals surface area contributed by atoms with E-state index in [4.69, 9.17) is 5.11 Å². The number of halogens is 3. The number of hydrogen-bond acceptors (Lipinski definition) is 3. The van der Waals surface area contributed by atoms with Crippen LogP contribution in [0.15, 0.2) is 12.1 Å². The molecule has 0 atom stereocenters. The second-order valence-corrected chi connectivity index (χ2v) is 5.06. The average molecular weight is 318 g/mol. The molecule has 1 N–H and O–H groups in total. The summed E-state index contributed by atoms with van der Waals surface area (Å²) in [5, 5.41) is 8.70. The molecule has 0 saturated heterocycles. The monoisotopic (exact) mass is 318 g/mol. The topological polar surface area (TPSA) is 70.5 Å². The van der Waals surface area contributed by atoms with Gasteiger partial charge in [0.05, 0.1) is 17.7 Å². The van der Waals surface area contributed by atoms with Gasteiger partial charge in [-0.3, -0.25) is 9.59 Å². The van der Waals surface area contributed by atoms with Crippen LogP contribution in [0, 0.1) is 6.92 Å². The van der Waals surface area contributed by atoms with Gasteiger partial charge < -0.3 is 10.0 Å². The van der Waals surface area contributed by atoms with Crippen LogP contribution in [0.3, 0.4) is 0 Å². The lowest BCUT2D eigenvalue weighted by Crippen LogP contribution is -2.39. The number of hydrogen-bond donors (Lipinski definition) is 1. The number of aliphatic carboxylic acids is 1. The van der Waals surface area contributed by atoms with Crippen molar-refractivity contribution in [2.24, 2.45) is 0 Å². The first-order valence-electron chi connectivity index (χ1n) is 6.61. The Morgan fingerprint density at radius 3 is 2.32 bits per heavy atom. The summed E-state index contributed by atoms with van der Waals surface area (Å²) in [5.74, 6) is -1.59. The second-order valence-electron chi connectivity index (χ2n) is 5.06. The Balaban J connectivity index is 3.07. The number of aryl methyl sites for hydroxylation is 1. The van der Waals surface area contributed by atoms with Crippen LogP contribution in [-0.4, -0.2) is 39.5 Å². The fourth-order valence-electron chi connectivity index (χ4n) is 1.91. The van der Waals surface area contributed by atoms with Crippen molar-refractivity contribution in [3.63, 3.8) is 0 Å². The van der Waals surface area contributed by atoms with Crippen LogP contribution in [0.4, 0.5) is 13.2 Å². The van der Waals surface area contributed by atoms with Gasteiger partial charge in [-0.1, -0.05) is 0 Å². The van der Waals surface area contributed by atoms with Crippen LogP contribution < -0.4 is 0 Å². The van der Waals surface area contributed by atoms with Crippen molar-refractivity contribution in [3.05, 3.63) is 29.1 Å². The van der Waals surface area contributed by atoms with Gasteiger partial charge in [0.15, 0.2) is 0 Å². The van der Waals surface area contributed by atoms with Gasteiger partial charge in [0.1, 0.15) is 5.69 Å². The highest BCUT2D eigenvalue weighted by molar-refractivity contribution is 5.95. The standard InChI is InChI=1S/C14H17F3N2O3/c1-8(2)19(7-6-12(20)21)13(22)10-4-5-11(14(15,16)17)18-9(10)3/h4-5,8H,6-7H2,1-3H3,(H,20,21). The highest BCUT2D eigenvalue weighted by Crippen LogP contribution is 2.28. The van der Waals surface area contributed by atoms with E-state index < -0.39 is 23.7 Å². The molecule has 0 bridgehead atoms. The van der Waals surface area contributed by atoms with Crippen molar-refractivity contribution in [1.29, 1.82) is 0 Å². The number of carbonyl (C=O) groups is 2. The molecule has 0 fully saturated rings. The maximum atomic E-state index is 12.6. The van der Waals surface area contributed by atoms with Crippen LogP contribution in [0.5, 0.6) is 0 Å². The smallest absolute Gasteiger partial charge is 0.433 e. The molecule has 1 rings (SSSR count). The Labute approximate surface area is 125 Å². The van der Waals surface area contributed by atoms with E-state index in [1.807, 2.05) is 0 Å². The molecule has 0 aliphatic rings. The first-order chi connectivity index (χ1) is 10.0. The van der Waals surface area contributed by atoms with Gasteiger partial charge in [0.2, 0.25) is 0 Å². The van der Waals surface area contributed by atoms with Crippen molar-refractivity contribution in [2.45, 2.75) is 39.4 Å². The van der Waals surface area contributed by atoms with Gasteiger partial charge in [-0.25, -0.2) is 4.98 Å². The van der Waals surface area contributed by atoms with E-state index in [-0.39, 0.29) is 30.3 Å². The van der Waals surface area contributed by atoms with Crippen molar-refractivity contribution >= 4 is 11.9 Å². The Kier molecular flexibility index (Phi) is 5.51. The molecule has 5 nitrogen and oxygen atoms in total. The molecule has 1 aromatic heterocycles. The summed E-state index contributed by atoms with van der Waals surface area (Å²) >= 11 is 0. The minimum Gasteiger partial charge on any atom is -0.481 e. The molecular weight excluding hydrogens is 301 g/mol. The lowest BCUT2D eigenvalue weighted by molar-refractivity contribution is -0.141. The number of amides is 1. The zero-order valence-electron chi connectivity index (χ0n) is 12.4. The minimum absolute atomic E-state index is 0.0215. The Bertz CT molecular complexity index is 571. The van der Waals surface area contributed by atoms with E-state index in [1.165, 1.54) is 11.8 Å². The molecule has 0 aromatic carbocycles. The number of rotatable bonds is 5. The molecule has 0 unspecified atom stereocenters. The Morgan fingerprint density at radius 1 is 1.32 bits per heavy atom. The molecule has 1 aromatic rings. The lowest BCUT2D eigenvalue weighted by Gasteiger charge is -2.26. The molecule has 0 saturated carbocycles. The van der Waals surface area contributed by atoms with Gasteiger partial charge in [0.25, 0.3) is 5.91 Å². The number of pyridine rings is 1. The number of carboxylic acids is 1. The molecule has 1 amide bonds. The van der Waals surface area contributed by atoms with Gasteiger partial charge in [-0.15, -0.1) is 0 Å². The summed E-state index contributed by atoms with van der Waals surface area (Å²) < 4.78 is 37.7. The van der Waals surface area contributed by atoms with E-state index in [2.05, 4.69) is 4.98 Å². The van der Waals surface area contributed by atoms with Crippen molar-refractivity contribution in [2.75, 3.05) is 6.54 Å². The first-order valence-corrected chi connectivity index (χ1v) is 6.61. The molecule has 1 heterocycles. The van der Waals surface area contributed by atoms with E-state index in [1.54, 1.807) is 13.8 Å². The maximum Gasteiger partial charge on any atom is 0.433 e. The molecule has 0 radical (unpaired) electrons. The second kappa shape index (κ2) is 6.76. The van der Waals surface area contributed by atoms with Crippen LogP contribution in [-0.2, 0) is 11.0 Å². The molecule has 22 heavy (non-hydrogen) atoms. The zero-order valence-corrected chi connectivity index (χ0v) is 12.4. The third-order valence-corrected chi connectivity index (χ3v) is 3.06. The van der Waals surface area contributed by atoms with Crippen LogP contribution in [0.2, 0.25) is 0 Å². The minimum atomic E-state index is -4.58. The Morgan fingerprint density at radius 2 is 1.91 bits per heavy atom.